The van der Waals surface area contributed by atoms with Gasteiger partial charge in [-0.1, -0.05) is 57.5 Å². The lowest BCUT2D eigenvalue weighted by atomic mass is 9.66. The van der Waals surface area contributed by atoms with Gasteiger partial charge in [-0.2, -0.15) is 0 Å². The van der Waals surface area contributed by atoms with Gasteiger partial charge in [-0.3, -0.25) is 14.4 Å². The number of hydrogen-bond donors (Lipinski definition) is 3. The van der Waals surface area contributed by atoms with E-state index in [0.29, 0.717) is 19.5 Å². The van der Waals surface area contributed by atoms with Crippen LogP contribution in [0, 0.1) is 17.8 Å². The predicted molar refractivity (Wildman–Crippen MR) is 133 cm³/mol. The number of aliphatic hydroxyl groups excluding tert-OH is 1. The molecule has 3 aliphatic rings. The third-order valence-corrected chi connectivity index (χ3v) is 10.0. The molecule has 3 unspecified atom stereocenters. The molecule has 0 aliphatic carbocycles. The zero-order valence-electron chi connectivity index (χ0n) is 20.3. The summed E-state index contributed by atoms with van der Waals surface area (Å²) in [5.74, 6) is -1.32. The molecule has 2 bridgehead atoms. The summed E-state index contributed by atoms with van der Waals surface area (Å²) in [6.45, 7) is 6.88. The number of carbonyl (C=O) groups is 3. The third-order valence-electron chi connectivity index (χ3n) is 7.95. The molecule has 3 saturated heterocycles. The van der Waals surface area contributed by atoms with Crippen LogP contribution in [0.3, 0.4) is 0 Å². The average Bonchev–Trinajstić information content (AvgIpc) is 3.43. The van der Waals surface area contributed by atoms with E-state index in [4.69, 9.17) is 0 Å². The van der Waals surface area contributed by atoms with E-state index in [0.717, 1.165) is 24.8 Å². The summed E-state index contributed by atoms with van der Waals surface area (Å²) in [4.78, 5) is 42.6. The first-order chi connectivity index (χ1) is 16.4. The normalized spacial score (nSPS) is 32.5. The highest BCUT2D eigenvalue weighted by Gasteiger charge is 2.76. The fourth-order valence-corrected chi connectivity index (χ4v) is 8.66. The van der Waals surface area contributed by atoms with Crippen molar-refractivity contribution in [2.24, 2.45) is 17.8 Å². The minimum atomic E-state index is -0.670. The highest BCUT2D eigenvalue weighted by Crippen LogP contribution is 2.68. The van der Waals surface area contributed by atoms with E-state index in [9.17, 15) is 19.5 Å². The van der Waals surface area contributed by atoms with Crippen molar-refractivity contribution in [1.29, 1.82) is 0 Å². The highest BCUT2D eigenvalue weighted by molar-refractivity contribution is 8.02. The molecule has 3 amide bonds. The van der Waals surface area contributed by atoms with E-state index in [1.54, 1.807) is 16.7 Å². The first kappa shape index (κ1) is 25.0. The zero-order chi connectivity index (χ0) is 24.5. The Morgan fingerprint density at radius 2 is 1.94 bits per heavy atom. The number of carbonyl (C=O) groups excluding carboxylic acids is 3. The van der Waals surface area contributed by atoms with Gasteiger partial charge in [0.05, 0.1) is 29.2 Å². The molecule has 0 saturated carbocycles. The second kappa shape index (κ2) is 10.3. The van der Waals surface area contributed by atoms with E-state index in [1.165, 1.54) is 0 Å². The minimum absolute atomic E-state index is 0.0158. The smallest absolute Gasteiger partial charge is 0.244 e. The van der Waals surface area contributed by atoms with E-state index >= 15 is 0 Å². The van der Waals surface area contributed by atoms with Crippen molar-refractivity contribution in [2.45, 2.75) is 75.1 Å². The number of hydrogen-bond acceptors (Lipinski definition) is 5. The number of amides is 3. The first-order valence-corrected chi connectivity index (χ1v) is 13.5. The Morgan fingerprint density at radius 1 is 1.21 bits per heavy atom. The first-order valence-electron chi connectivity index (χ1n) is 12.6. The molecule has 0 aromatic heterocycles. The number of fused-ring (bicyclic) bond motifs is 1. The van der Waals surface area contributed by atoms with Gasteiger partial charge in [-0.15, -0.1) is 11.8 Å². The van der Waals surface area contributed by atoms with Gasteiger partial charge in [-0.05, 0) is 30.7 Å². The Morgan fingerprint density at radius 3 is 2.59 bits per heavy atom. The summed E-state index contributed by atoms with van der Waals surface area (Å²) < 4.78 is -0.643. The van der Waals surface area contributed by atoms with Crippen molar-refractivity contribution < 1.29 is 19.5 Å². The lowest BCUT2D eigenvalue weighted by molar-refractivity contribution is -0.142. The summed E-state index contributed by atoms with van der Waals surface area (Å²) >= 11 is 1.67. The molecule has 3 aliphatic heterocycles. The number of aliphatic hydroxyl groups is 1. The molecule has 186 valence electrons. The molecular formula is C26H37N3O4S. The van der Waals surface area contributed by atoms with Crippen LogP contribution in [-0.2, 0) is 20.9 Å². The quantitative estimate of drug-likeness (QED) is 0.440. The van der Waals surface area contributed by atoms with Crippen molar-refractivity contribution in [2.75, 3.05) is 13.2 Å². The number of thioether (sulfide) groups is 1. The fraction of sp³-hybridized carbons (Fsp3) is 0.654. The molecule has 1 spiro atoms. The molecule has 4 rings (SSSR count). The molecule has 3 N–H and O–H groups in total. The Labute approximate surface area is 206 Å². The largest absolute Gasteiger partial charge is 0.394 e. The number of nitrogens with one attached hydrogen (secondary N) is 2. The van der Waals surface area contributed by atoms with Gasteiger partial charge in [0.2, 0.25) is 17.7 Å². The molecular weight excluding hydrogens is 450 g/mol. The topological polar surface area (TPSA) is 98.7 Å². The number of nitrogens with zero attached hydrogens (tertiary/aromatic N) is 1. The monoisotopic (exact) mass is 487 g/mol. The average molecular weight is 488 g/mol. The highest BCUT2D eigenvalue weighted by atomic mass is 32.2. The van der Waals surface area contributed by atoms with E-state index in [-0.39, 0.29) is 35.5 Å². The Bertz CT molecular complexity index is 909. The molecule has 0 radical (unpaired) electrons. The van der Waals surface area contributed by atoms with Gasteiger partial charge in [0.1, 0.15) is 6.04 Å². The van der Waals surface area contributed by atoms with Crippen molar-refractivity contribution in [1.82, 2.24) is 15.5 Å². The Kier molecular flexibility index (Phi) is 7.57. The molecule has 7 atom stereocenters. The summed E-state index contributed by atoms with van der Waals surface area (Å²) in [6, 6.07) is 8.63. The molecule has 34 heavy (non-hydrogen) atoms. The predicted octanol–water partition coefficient (Wildman–Crippen LogP) is 2.33. The fourth-order valence-electron chi connectivity index (χ4n) is 6.25. The number of likely N-dealkylation sites (tertiary alicyclic amines) is 1. The molecule has 3 fully saturated rings. The molecule has 7 nitrogen and oxygen atoms in total. The summed E-state index contributed by atoms with van der Waals surface area (Å²) in [5.41, 5.74) is 1.01. The Balaban J connectivity index is 1.65. The van der Waals surface area contributed by atoms with Crippen molar-refractivity contribution >= 4 is 29.5 Å². The lowest BCUT2D eigenvalue weighted by Crippen LogP contribution is -2.58. The van der Waals surface area contributed by atoms with Gasteiger partial charge < -0.3 is 20.6 Å². The van der Waals surface area contributed by atoms with Crippen LogP contribution in [0.1, 0.15) is 52.0 Å². The number of benzene rings is 1. The minimum Gasteiger partial charge on any atom is -0.394 e. The van der Waals surface area contributed by atoms with Crippen molar-refractivity contribution in [3.05, 3.63) is 35.9 Å². The van der Waals surface area contributed by atoms with Gasteiger partial charge in [0.15, 0.2) is 0 Å². The van der Waals surface area contributed by atoms with Gasteiger partial charge in [-0.25, -0.2) is 0 Å². The van der Waals surface area contributed by atoms with Crippen LogP contribution < -0.4 is 10.6 Å². The molecule has 1 aromatic carbocycles. The van der Waals surface area contributed by atoms with Crippen LogP contribution in [-0.4, -0.2) is 63.0 Å². The summed E-state index contributed by atoms with van der Waals surface area (Å²) in [5, 5.41) is 16.2. The summed E-state index contributed by atoms with van der Waals surface area (Å²) in [7, 11) is 0. The van der Waals surface area contributed by atoms with Crippen LogP contribution in [0.2, 0.25) is 0 Å². The third kappa shape index (κ3) is 4.02. The lowest BCUT2D eigenvalue weighted by Gasteiger charge is -2.40. The van der Waals surface area contributed by atoms with E-state index in [2.05, 4.69) is 24.5 Å². The van der Waals surface area contributed by atoms with Crippen LogP contribution in [0.5, 0.6) is 0 Å². The maximum atomic E-state index is 14.0. The number of unbranched alkanes of at least 4 members (excludes halogenated alkanes) is 1. The molecule has 3 heterocycles. The maximum Gasteiger partial charge on any atom is 0.244 e. The van der Waals surface area contributed by atoms with Gasteiger partial charge >= 0.3 is 0 Å². The van der Waals surface area contributed by atoms with Crippen molar-refractivity contribution in [3.8, 4) is 0 Å². The van der Waals surface area contributed by atoms with Crippen molar-refractivity contribution in [3.63, 3.8) is 0 Å². The molecule has 1 aromatic rings. The van der Waals surface area contributed by atoms with Gasteiger partial charge in [0, 0.05) is 18.3 Å². The van der Waals surface area contributed by atoms with Crippen LogP contribution in [0.15, 0.2) is 30.3 Å². The van der Waals surface area contributed by atoms with Crippen LogP contribution in [0.4, 0.5) is 0 Å². The van der Waals surface area contributed by atoms with E-state index < -0.39 is 28.7 Å². The second-order valence-corrected chi connectivity index (χ2v) is 11.4. The SMILES string of the molecule is CCCCNC(=O)C1N([C@@H](CC)CO)C(=O)[C@@H]2[C@H](C(=O)NCc3ccccc3)[C@@H]3CC(C)C12S3. The molecule has 8 heteroatoms. The van der Waals surface area contributed by atoms with Crippen LogP contribution >= 0.6 is 11.8 Å². The second-order valence-electron chi connectivity index (χ2n) is 9.89. The van der Waals surface area contributed by atoms with Crippen LogP contribution in [0.25, 0.3) is 0 Å². The Hall–Kier alpha value is -2.06. The standard InChI is InChI=1S/C26H37N3O4S/c1-4-6-12-27-24(32)22-26-16(3)13-19(34-26)20(21(26)25(33)29(22)18(5-2)15-30)23(31)28-14-17-10-8-7-9-11-17/h7-11,16,18-22,30H,4-6,12-15H2,1-3H3,(H,27,32)(H,28,31)/t16?,18-,19-,20+,21-,22?,26?/m0/s1. The van der Waals surface area contributed by atoms with E-state index in [1.807, 2.05) is 37.3 Å². The van der Waals surface area contributed by atoms with Gasteiger partial charge in [0.25, 0.3) is 0 Å². The zero-order valence-corrected chi connectivity index (χ0v) is 21.1. The number of rotatable bonds is 10. The summed E-state index contributed by atoms with van der Waals surface area (Å²) in [6.07, 6.45) is 3.19. The maximum absolute atomic E-state index is 14.0.